The maximum Gasteiger partial charge on any atom is 0.419 e. The number of aromatic nitrogens is 2. The van der Waals surface area contributed by atoms with Crippen LogP contribution in [0.25, 0.3) is 0 Å². The van der Waals surface area contributed by atoms with Crippen LogP contribution in [0.4, 0.5) is 23.2 Å². The summed E-state index contributed by atoms with van der Waals surface area (Å²) in [6.45, 7) is -0.474. The number of halogens is 4. The summed E-state index contributed by atoms with van der Waals surface area (Å²) >= 11 is 0. The van der Waals surface area contributed by atoms with Crippen LogP contribution in [0.15, 0.2) is 41.3 Å². The lowest BCUT2D eigenvalue weighted by Crippen LogP contribution is -2.28. The third kappa shape index (κ3) is 3.68. The Balaban J connectivity index is 2.16. The van der Waals surface area contributed by atoms with Crippen LogP contribution in [-0.2, 0) is 17.5 Å². The van der Waals surface area contributed by atoms with Gasteiger partial charge in [-0.2, -0.15) is 18.3 Å². The Bertz CT molecular complexity index is 755. The maximum absolute atomic E-state index is 13.1. The fraction of sp³-hybridized carbons (Fsp3) is 0.154. The first-order valence-corrected chi connectivity index (χ1v) is 5.96. The fourth-order valence-corrected chi connectivity index (χ4v) is 1.66. The monoisotopic (exact) mass is 315 g/mol. The van der Waals surface area contributed by atoms with Gasteiger partial charge in [0.1, 0.15) is 12.4 Å². The number of amides is 1. The molecular weight excluding hydrogens is 306 g/mol. The second kappa shape index (κ2) is 5.96. The lowest BCUT2D eigenvalue weighted by Gasteiger charge is -2.11. The Morgan fingerprint density at radius 3 is 2.64 bits per heavy atom. The standard InChI is InChI=1S/C13H9F4N3O2/c14-10-4-3-8(6-9(10)13(15,16)17)19-11(21)7-20-12(22)2-1-5-18-20/h1-6H,7H2,(H,19,21). The smallest absolute Gasteiger partial charge is 0.324 e. The molecule has 0 atom stereocenters. The number of alkyl halides is 3. The molecule has 1 aromatic heterocycles. The summed E-state index contributed by atoms with van der Waals surface area (Å²) < 4.78 is 51.6. The van der Waals surface area contributed by atoms with Crippen molar-refractivity contribution in [3.63, 3.8) is 0 Å². The molecule has 0 saturated carbocycles. The van der Waals surface area contributed by atoms with E-state index in [0.29, 0.717) is 12.1 Å². The lowest BCUT2D eigenvalue weighted by molar-refractivity contribution is -0.140. The van der Waals surface area contributed by atoms with Gasteiger partial charge in [0.2, 0.25) is 5.91 Å². The van der Waals surface area contributed by atoms with Gasteiger partial charge in [-0.05, 0) is 24.3 Å². The number of nitrogens with one attached hydrogen (secondary N) is 1. The van der Waals surface area contributed by atoms with Gasteiger partial charge >= 0.3 is 6.18 Å². The van der Waals surface area contributed by atoms with E-state index in [-0.39, 0.29) is 5.69 Å². The second-order valence-corrected chi connectivity index (χ2v) is 4.26. The minimum atomic E-state index is -4.87. The molecule has 0 radical (unpaired) electrons. The van der Waals surface area contributed by atoms with Crippen molar-refractivity contribution in [2.24, 2.45) is 0 Å². The highest BCUT2D eigenvalue weighted by Crippen LogP contribution is 2.32. The number of hydrogen-bond donors (Lipinski definition) is 1. The number of hydrogen-bond acceptors (Lipinski definition) is 3. The van der Waals surface area contributed by atoms with E-state index in [2.05, 4.69) is 10.4 Å². The topological polar surface area (TPSA) is 64.0 Å². The van der Waals surface area contributed by atoms with Crippen LogP contribution in [0.5, 0.6) is 0 Å². The van der Waals surface area contributed by atoms with Crippen LogP contribution in [0, 0.1) is 5.82 Å². The zero-order chi connectivity index (χ0) is 16.3. The number of carbonyl (C=O) groups is 1. The minimum absolute atomic E-state index is 0.234. The number of rotatable bonds is 3. The quantitative estimate of drug-likeness (QED) is 0.882. The molecule has 2 rings (SSSR count). The van der Waals surface area contributed by atoms with Crippen LogP contribution in [0.3, 0.4) is 0 Å². The van der Waals surface area contributed by atoms with Crippen molar-refractivity contribution in [2.45, 2.75) is 12.7 Å². The normalized spacial score (nSPS) is 11.3. The van der Waals surface area contributed by atoms with Crippen LogP contribution in [0.1, 0.15) is 5.56 Å². The molecule has 0 spiro atoms. The Morgan fingerprint density at radius 1 is 1.27 bits per heavy atom. The van der Waals surface area contributed by atoms with E-state index < -0.39 is 35.6 Å². The van der Waals surface area contributed by atoms with Crippen molar-refractivity contribution in [1.82, 2.24) is 9.78 Å². The SMILES string of the molecule is O=C(Cn1ncccc1=O)Nc1ccc(F)c(C(F)(F)F)c1. The summed E-state index contributed by atoms with van der Waals surface area (Å²) in [5.74, 6) is -2.20. The largest absolute Gasteiger partial charge is 0.419 e. The van der Waals surface area contributed by atoms with E-state index >= 15 is 0 Å². The van der Waals surface area contributed by atoms with Crippen LogP contribution in [0.2, 0.25) is 0 Å². The van der Waals surface area contributed by atoms with E-state index in [1.54, 1.807) is 0 Å². The zero-order valence-electron chi connectivity index (χ0n) is 10.9. The first-order valence-electron chi connectivity index (χ1n) is 5.96. The fourth-order valence-electron chi connectivity index (χ4n) is 1.66. The van der Waals surface area contributed by atoms with E-state index in [1.807, 2.05) is 0 Å². The van der Waals surface area contributed by atoms with Gasteiger partial charge in [-0.3, -0.25) is 9.59 Å². The van der Waals surface area contributed by atoms with Crippen molar-refractivity contribution in [2.75, 3.05) is 5.32 Å². The van der Waals surface area contributed by atoms with Crippen LogP contribution in [-0.4, -0.2) is 15.7 Å². The van der Waals surface area contributed by atoms with Gasteiger partial charge in [-0.1, -0.05) is 0 Å². The maximum atomic E-state index is 13.1. The molecule has 1 N–H and O–H groups in total. The summed E-state index contributed by atoms with van der Waals surface area (Å²) in [6, 6.07) is 4.63. The minimum Gasteiger partial charge on any atom is -0.324 e. The molecule has 0 fully saturated rings. The molecular formula is C13H9F4N3O2. The van der Waals surface area contributed by atoms with E-state index in [1.165, 1.54) is 18.3 Å². The van der Waals surface area contributed by atoms with E-state index in [4.69, 9.17) is 0 Å². The Morgan fingerprint density at radius 2 is 2.00 bits per heavy atom. The first-order chi connectivity index (χ1) is 10.3. The molecule has 2 aromatic rings. The van der Waals surface area contributed by atoms with Gasteiger partial charge in [-0.25, -0.2) is 9.07 Å². The van der Waals surface area contributed by atoms with Gasteiger partial charge in [-0.15, -0.1) is 0 Å². The molecule has 1 amide bonds. The summed E-state index contributed by atoms with van der Waals surface area (Å²) in [5, 5.41) is 5.79. The average Bonchev–Trinajstić information content (AvgIpc) is 2.42. The van der Waals surface area contributed by atoms with Gasteiger partial charge in [0, 0.05) is 18.0 Å². The Labute approximate surface area is 121 Å². The molecule has 1 aromatic carbocycles. The van der Waals surface area contributed by atoms with Crippen molar-refractivity contribution in [3.05, 3.63) is 58.3 Å². The predicted octanol–water partition coefficient (Wildman–Crippen LogP) is 2.04. The number of carbonyl (C=O) groups excluding carboxylic acids is 1. The van der Waals surface area contributed by atoms with Gasteiger partial charge in [0.05, 0.1) is 5.56 Å². The lowest BCUT2D eigenvalue weighted by atomic mass is 10.2. The number of benzene rings is 1. The molecule has 0 unspecified atom stereocenters. The molecule has 0 aliphatic heterocycles. The van der Waals surface area contributed by atoms with Crippen molar-refractivity contribution in [3.8, 4) is 0 Å². The Kier molecular flexibility index (Phi) is 4.25. The summed E-state index contributed by atoms with van der Waals surface area (Å²) in [7, 11) is 0. The van der Waals surface area contributed by atoms with Crippen molar-refractivity contribution < 1.29 is 22.4 Å². The van der Waals surface area contributed by atoms with Gasteiger partial charge in [0.25, 0.3) is 5.56 Å². The highest BCUT2D eigenvalue weighted by molar-refractivity contribution is 5.90. The molecule has 1 heterocycles. The molecule has 0 aliphatic carbocycles. The van der Waals surface area contributed by atoms with E-state index in [9.17, 15) is 27.2 Å². The second-order valence-electron chi connectivity index (χ2n) is 4.26. The molecule has 0 aliphatic rings. The average molecular weight is 315 g/mol. The highest BCUT2D eigenvalue weighted by Gasteiger charge is 2.34. The molecule has 116 valence electrons. The number of anilines is 1. The third-order valence-electron chi connectivity index (χ3n) is 2.63. The zero-order valence-corrected chi connectivity index (χ0v) is 10.9. The summed E-state index contributed by atoms with van der Waals surface area (Å²) in [5.41, 5.74) is -2.25. The molecule has 22 heavy (non-hydrogen) atoms. The molecule has 9 heteroatoms. The first kappa shape index (κ1) is 15.7. The predicted molar refractivity (Wildman–Crippen MR) is 68.5 cm³/mol. The summed E-state index contributed by atoms with van der Waals surface area (Å²) in [4.78, 5) is 23.1. The molecule has 5 nitrogen and oxygen atoms in total. The van der Waals surface area contributed by atoms with Crippen molar-refractivity contribution in [1.29, 1.82) is 0 Å². The van der Waals surface area contributed by atoms with E-state index in [0.717, 1.165) is 10.7 Å². The third-order valence-corrected chi connectivity index (χ3v) is 2.63. The van der Waals surface area contributed by atoms with Crippen LogP contribution < -0.4 is 10.9 Å². The molecule has 0 saturated heterocycles. The van der Waals surface area contributed by atoms with Gasteiger partial charge < -0.3 is 5.32 Å². The number of nitrogens with zero attached hydrogens (tertiary/aromatic N) is 2. The van der Waals surface area contributed by atoms with Gasteiger partial charge in [0.15, 0.2) is 0 Å². The highest BCUT2D eigenvalue weighted by atomic mass is 19.4. The Hall–Kier alpha value is -2.71. The van der Waals surface area contributed by atoms with Crippen LogP contribution >= 0.6 is 0 Å². The summed E-state index contributed by atoms with van der Waals surface area (Å²) in [6.07, 6.45) is -3.59. The molecule has 0 bridgehead atoms. The van der Waals surface area contributed by atoms with Crippen molar-refractivity contribution >= 4 is 11.6 Å².